The minimum Gasteiger partial charge on any atom is -0.210 e. The Hall–Kier alpha value is -0.760. The van der Waals surface area contributed by atoms with E-state index in [4.69, 9.17) is 11.6 Å². The van der Waals surface area contributed by atoms with Gasteiger partial charge < -0.3 is 0 Å². The molecule has 0 saturated carbocycles. The lowest BCUT2D eigenvalue weighted by atomic mass is 10.2. The Morgan fingerprint density at radius 2 is 2.21 bits per heavy atom. The first-order chi connectivity index (χ1) is 9.04. The average Bonchev–Trinajstić information content (AvgIpc) is 2.84. The second-order valence-electron chi connectivity index (χ2n) is 4.13. The van der Waals surface area contributed by atoms with Crippen molar-refractivity contribution in [2.75, 3.05) is 6.54 Å². The molecule has 1 atom stereocenters. The van der Waals surface area contributed by atoms with Crippen molar-refractivity contribution < 1.29 is 8.42 Å². The summed E-state index contributed by atoms with van der Waals surface area (Å²) in [4.78, 5) is 0.152. The van der Waals surface area contributed by atoms with Crippen LogP contribution in [0.4, 0.5) is 11.4 Å². The Labute approximate surface area is 121 Å². The molecule has 0 aromatic heterocycles. The fourth-order valence-corrected chi connectivity index (χ4v) is 3.92. The van der Waals surface area contributed by atoms with Crippen LogP contribution in [0.3, 0.4) is 0 Å². The van der Waals surface area contributed by atoms with E-state index in [0.29, 0.717) is 11.4 Å². The normalized spacial score (nSPS) is 15.1. The molecule has 0 bridgehead atoms. The molecule has 0 aliphatic carbocycles. The molecule has 0 radical (unpaired) electrons. The van der Waals surface area contributed by atoms with Crippen molar-refractivity contribution in [3.8, 4) is 0 Å². The van der Waals surface area contributed by atoms with Gasteiger partial charge in [-0.25, -0.2) is 13.1 Å². The van der Waals surface area contributed by atoms with Gasteiger partial charge in [-0.2, -0.15) is 8.73 Å². The van der Waals surface area contributed by atoms with Crippen LogP contribution in [0.15, 0.2) is 31.8 Å². The summed E-state index contributed by atoms with van der Waals surface area (Å²) in [5.74, 6) is 0. The first kappa shape index (κ1) is 14.6. The molecule has 1 unspecified atom stereocenters. The van der Waals surface area contributed by atoms with Gasteiger partial charge in [-0.1, -0.05) is 19.4 Å². The molecular formula is C11H14ClN3O2S2. The van der Waals surface area contributed by atoms with Crippen LogP contribution >= 0.6 is 11.6 Å². The van der Waals surface area contributed by atoms with Crippen molar-refractivity contribution in [3.05, 3.63) is 18.2 Å². The zero-order chi connectivity index (χ0) is 13.9. The first-order valence-electron chi connectivity index (χ1n) is 5.89. The number of fused-ring (bicyclic) bond motifs is 1. The summed E-state index contributed by atoms with van der Waals surface area (Å²) in [6.45, 7) is 2.22. The maximum Gasteiger partial charge on any atom is 0.242 e. The number of hydrogen-bond acceptors (Lipinski definition) is 4. The lowest BCUT2D eigenvalue weighted by Gasteiger charge is -2.11. The summed E-state index contributed by atoms with van der Waals surface area (Å²) in [7, 11) is -3.60. The van der Waals surface area contributed by atoms with Gasteiger partial charge in [-0.05, 0) is 18.6 Å². The molecule has 1 N–H and O–H groups in total. The van der Waals surface area contributed by atoms with E-state index < -0.39 is 10.0 Å². The molecule has 8 heteroatoms. The lowest BCUT2D eigenvalue weighted by Crippen LogP contribution is -2.29. The fourth-order valence-electron chi connectivity index (χ4n) is 1.69. The molecule has 0 amide bonds. The molecule has 0 spiro atoms. The van der Waals surface area contributed by atoms with Gasteiger partial charge in [0.15, 0.2) is 0 Å². The highest BCUT2D eigenvalue weighted by atomic mass is 35.5. The Morgan fingerprint density at radius 1 is 1.42 bits per heavy atom. The standard InChI is InChI=1S/C11H14ClN3O2S2/c1-2-4-8(12)7-13-19(16,17)10-6-3-5-9-11(10)15-18-14-9/h3,5-6,8,13H,2,4,7H2,1H3. The van der Waals surface area contributed by atoms with Crippen molar-refractivity contribution in [2.24, 2.45) is 8.73 Å². The Bertz CT molecular complexity index is 639. The highest BCUT2D eigenvalue weighted by molar-refractivity contribution is 7.89. The van der Waals surface area contributed by atoms with Crippen LogP contribution in [-0.4, -0.2) is 20.3 Å². The summed E-state index contributed by atoms with van der Waals surface area (Å²) < 4.78 is 35.0. The topological polar surface area (TPSA) is 70.9 Å². The molecule has 104 valence electrons. The van der Waals surface area contributed by atoms with Crippen molar-refractivity contribution in [1.82, 2.24) is 4.72 Å². The number of benzene rings is 1. The SMILES string of the molecule is CCCC(Cl)CNS(=O)(=O)c1cccc2c1N=S=N2. The van der Waals surface area contributed by atoms with Gasteiger partial charge in [-0.15, -0.1) is 11.6 Å². The Morgan fingerprint density at radius 3 is 2.95 bits per heavy atom. The van der Waals surface area contributed by atoms with Crippen molar-refractivity contribution in [3.63, 3.8) is 0 Å². The molecule has 19 heavy (non-hydrogen) atoms. The minimum absolute atomic E-state index is 0.152. The van der Waals surface area contributed by atoms with E-state index >= 15 is 0 Å². The van der Waals surface area contributed by atoms with Crippen LogP contribution in [0.5, 0.6) is 0 Å². The number of alkyl halides is 1. The number of sulfonamides is 1. The number of halogens is 1. The molecule has 2 rings (SSSR count). The van der Waals surface area contributed by atoms with E-state index in [1.165, 1.54) is 6.07 Å². The zero-order valence-electron chi connectivity index (χ0n) is 10.3. The van der Waals surface area contributed by atoms with Gasteiger partial charge in [-0.3, -0.25) is 0 Å². The van der Waals surface area contributed by atoms with E-state index in [2.05, 4.69) is 13.4 Å². The molecule has 1 aromatic rings. The highest BCUT2D eigenvalue weighted by Gasteiger charge is 2.22. The molecule has 1 aliphatic heterocycles. The number of nitrogens with zero attached hydrogens (tertiary/aromatic N) is 2. The van der Waals surface area contributed by atoms with E-state index in [1.54, 1.807) is 12.1 Å². The number of rotatable bonds is 6. The van der Waals surface area contributed by atoms with Gasteiger partial charge >= 0.3 is 0 Å². The van der Waals surface area contributed by atoms with Crippen LogP contribution < -0.4 is 4.72 Å². The second kappa shape index (κ2) is 6.13. The molecule has 0 fully saturated rings. The van der Waals surface area contributed by atoms with Gasteiger partial charge in [0.25, 0.3) is 0 Å². The van der Waals surface area contributed by atoms with E-state index in [-0.39, 0.29) is 16.8 Å². The summed E-state index contributed by atoms with van der Waals surface area (Å²) in [5.41, 5.74) is 0.991. The first-order valence-corrected chi connectivity index (χ1v) is 8.54. The van der Waals surface area contributed by atoms with Crippen LogP contribution in [0.2, 0.25) is 0 Å². The van der Waals surface area contributed by atoms with E-state index in [9.17, 15) is 8.42 Å². The van der Waals surface area contributed by atoms with Crippen LogP contribution in [-0.2, 0) is 21.4 Å². The third kappa shape index (κ3) is 3.42. The molecule has 5 nitrogen and oxygen atoms in total. The van der Waals surface area contributed by atoms with Crippen molar-refractivity contribution in [2.45, 2.75) is 30.0 Å². The summed E-state index contributed by atoms with van der Waals surface area (Å²) in [6, 6.07) is 4.91. The third-order valence-corrected chi connectivity index (χ3v) is 5.01. The minimum atomic E-state index is -3.60. The fraction of sp³-hybridized carbons (Fsp3) is 0.455. The smallest absolute Gasteiger partial charge is 0.210 e. The largest absolute Gasteiger partial charge is 0.242 e. The monoisotopic (exact) mass is 319 g/mol. The predicted molar refractivity (Wildman–Crippen MR) is 77.7 cm³/mol. The molecular weight excluding hydrogens is 306 g/mol. The molecule has 1 aromatic carbocycles. The average molecular weight is 320 g/mol. The van der Waals surface area contributed by atoms with Gasteiger partial charge in [0.2, 0.25) is 10.0 Å². The number of hydrogen-bond donors (Lipinski definition) is 1. The second-order valence-corrected chi connectivity index (χ2v) is 7.01. The Balaban J connectivity index is 2.17. The van der Waals surface area contributed by atoms with Crippen LogP contribution in [0.1, 0.15) is 19.8 Å². The predicted octanol–water partition coefficient (Wildman–Crippen LogP) is 3.10. The maximum absolute atomic E-state index is 12.2. The molecule has 1 heterocycles. The van der Waals surface area contributed by atoms with Crippen LogP contribution in [0.25, 0.3) is 0 Å². The van der Waals surface area contributed by atoms with Gasteiger partial charge in [0.1, 0.15) is 16.3 Å². The van der Waals surface area contributed by atoms with E-state index in [1.807, 2.05) is 6.92 Å². The summed E-state index contributed by atoms with van der Waals surface area (Å²) >= 11 is 7.02. The maximum atomic E-state index is 12.2. The lowest BCUT2D eigenvalue weighted by molar-refractivity contribution is 0.577. The van der Waals surface area contributed by atoms with Crippen molar-refractivity contribution in [1.29, 1.82) is 0 Å². The number of nitrogens with one attached hydrogen (secondary N) is 1. The molecule has 0 saturated heterocycles. The van der Waals surface area contributed by atoms with E-state index in [0.717, 1.165) is 24.2 Å². The molecule has 1 aliphatic rings. The van der Waals surface area contributed by atoms with Gasteiger partial charge in [0.05, 0.1) is 11.4 Å². The van der Waals surface area contributed by atoms with Crippen LogP contribution in [0, 0.1) is 0 Å². The Kier molecular flexibility index (Phi) is 4.72. The zero-order valence-corrected chi connectivity index (χ0v) is 12.7. The van der Waals surface area contributed by atoms with Crippen molar-refractivity contribution >= 4 is 44.4 Å². The summed E-state index contributed by atoms with van der Waals surface area (Å²) in [6.07, 6.45) is 1.69. The van der Waals surface area contributed by atoms with Gasteiger partial charge in [0, 0.05) is 11.9 Å². The summed E-state index contributed by atoms with van der Waals surface area (Å²) in [5, 5.41) is -0.201. The highest BCUT2D eigenvalue weighted by Crippen LogP contribution is 2.37. The third-order valence-electron chi connectivity index (χ3n) is 2.64. The quantitative estimate of drug-likeness (QED) is 0.831.